The third-order valence-corrected chi connectivity index (χ3v) is 2.63. The summed E-state index contributed by atoms with van der Waals surface area (Å²) in [6.07, 6.45) is 0. The van der Waals surface area contributed by atoms with Gasteiger partial charge in [0.25, 0.3) is 11.4 Å². The molecule has 2 aromatic rings. The summed E-state index contributed by atoms with van der Waals surface area (Å²) in [5, 5.41) is 40.7. The van der Waals surface area contributed by atoms with Crippen molar-refractivity contribution in [2.75, 3.05) is 0 Å². The maximum absolute atomic E-state index is 10.2. The second-order valence-electron chi connectivity index (χ2n) is 4.18. The number of non-ortho nitro benzene ring substituents is 2. The molecule has 2 aromatic carbocycles. The Hall–Kier alpha value is -3.05. The largest absolute Gasteiger partial charge is 2.00 e. The van der Waals surface area contributed by atoms with E-state index in [1.165, 1.54) is 0 Å². The zero-order chi connectivity index (χ0) is 18.3. The van der Waals surface area contributed by atoms with Crippen LogP contribution in [0.4, 0.5) is 11.4 Å². The predicted molar refractivity (Wildman–Crippen MR) is 80.6 cm³/mol. The van der Waals surface area contributed by atoms with E-state index in [2.05, 4.69) is 0 Å². The van der Waals surface area contributed by atoms with Gasteiger partial charge in [-0.2, -0.15) is 0 Å². The fraction of sp³-hybridized carbons (Fsp3) is 0. The van der Waals surface area contributed by atoms with Gasteiger partial charge in [0.05, 0.1) is 21.8 Å². The molecule has 0 fully saturated rings. The molecule has 0 saturated carbocycles. The Morgan fingerprint density at radius 3 is 1.04 bits per heavy atom. The van der Waals surface area contributed by atoms with Crippen molar-refractivity contribution in [1.82, 2.24) is 0 Å². The maximum Gasteiger partial charge on any atom is 2.00 e. The fourth-order valence-corrected chi connectivity index (χ4v) is 1.44. The summed E-state index contributed by atoms with van der Waals surface area (Å²) in [5.74, 6) is -2.69. The standard InChI is InChI=1S/2C7H5NO4.Mg/c2*9-7(10)5-1-3-6(4-2-5)8(11)12;/h2*1-4H,(H,9,10);/q;;+2/p-2. The molecular weight excluding hydrogens is 348 g/mol. The first-order valence-electron chi connectivity index (χ1n) is 6.14. The molecule has 0 spiro atoms. The zero-order valence-corrected chi connectivity index (χ0v) is 13.9. The molecule has 0 aromatic heterocycles. The number of carbonyl (C=O) groups excluding carboxylic acids is 2. The van der Waals surface area contributed by atoms with Crippen LogP contribution in [-0.4, -0.2) is 44.8 Å². The summed E-state index contributed by atoms with van der Waals surface area (Å²) in [6.45, 7) is 0. The number of hydrogen-bond acceptors (Lipinski definition) is 8. The minimum absolute atomic E-state index is 0. The van der Waals surface area contributed by atoms with Crippen molar-refractivity contribution >= 4 is 46.4 Å². The first-order valence-corrected chi connectivity index (χ1v) is 6.14. The minimum Gasteiger partial charge on any atom is -0.545 e. The van der Waals surface area contributed by atoms with Gasteiger partial charge in [-0.25, -0.2) is 0 Å². The fourth-order valence-electron chi connectivity index (χ4n) is 1.44. The van der Waals surface area contributed by atoms with Crippen molar-refractivity contribution in [1.29, 1.82) is 0 Å². The van der Waals surface area contributed by atoms with Gasteiger partial charge in [0.2, 0.25) is 0 Å². The second kappa shape index (κ2) is 9.95. The van der Waals surface area contributed by atoms with Crippen molar-refractivity contribution in [3.63, 3.8) is 0 Å². The predicted octanol–water partition coefficient (Wildman–Crippen LogP) is -0.464. The Morgan fingerprint density at radius 1 is 0.640 bits per heavy atom. The molecular formula is C14H8MgN2O8. The van der Waals surface area contributed by atoms with E-state index >= 15 is 0 Å². The molecule has 0 radical (unpaired) electrons. The number of aromatic carboxylic acids is 2. The minimum atomic E-state index is -1.34. The molecule has 25 heavy (non-hydrogen) atoms. The Bertz CT molecular complexity index is 641. The maximum atomic E-state index is 10.2. The van der Waals surface area contributed by atoms with Gasteiger partial charge in [-0.1, -0.05) is 0 Å². The number of carbonyl (C=O) groups is 2. The molecule has 124 valence electrons. The Balaban J connectivity index is 0.000000443. The third-order valence-electron chi connectivity index (χ3n) is 2.63. The van der Waals surface area contributed by atoms with Crippen LogP contribution in [-0.2, 0) is 0 Å². The smallest absolute Gasteiger partial charge is 0.545 e. The van der Waals surface area contributed by atoms with Crippen LogP contribution in [0.5, 0.6) is 0 Å². The number of benzene rings is 2. The second-order valence-corrected chi connectivity index (χ2v) is 4.18. The molecule has 2 rings (SSSR count). The first kappa shape index (κ1) is 21.9. The Labute approximate surface area is 156 Å². The van der Waals surface area contributed by atoms with E-state index in [0.717, 1.165) is 48.5 Å². The van der Waals surface area contributed by atoms with Crippen LogP contribution in [0.1, 0.15) is 20.7 Å². The average Bonchev–Trinajstić information content (AvgIpc) is 2.55. The molecule has 0 bridgehead atoms. The van der Waals surface area contributed by atoms with E-state index in [-0.39, 0.29) is 45.6 Å². The van der Waals surface area contributed by atoms with Gasteiger partial charge >= 0.3 is 23.1 Å². The van der Waals surface area contributed by atoms with Gasteiger partial charge in [-0.15, -0.1) is 0 Å². The van der Waals surface area contributed by atoms with Crippen molar-refractivity contribution in [3.8, 4) is 0 Å². The molecule has 0 aliphatic carbocycles. The summed E-state index contributed by atoms with van der Waals surface area (Å²) >= 11 is 0. The number of rotatable bonds is 4. The Morgan fingerprint density at radius 2 is 0.880 bits per heavy atom. The van der Waals surface area contributed by atoms with Crippen molar-refractivity contribution in [2.45, 2.75) is 0 Å². The normalized spacial score (nSPS) is 8.96. The quantitative estimate of drug-likeness (QED) is 0.402. The van der Waals surface area contributed by atoms with Gasteiger partial charge in [0, 0.05) is 24.3 Å². The van der Waals surface area contributed by atoms with Crippen LogP contribution < -0.4 is 10.2 Å². The van der Waals surface area contributed by atoms with E-state index in [0.29, 0.717) is 0 Å². The number of nitrogens with zero attached hydrogens (tertiary/aromatic N) is 2. The van der Waals surface area contributed by atoms with Crippen LogP contribution >= 0.6 is 0 Å². The average molecular weight is 357 g/mol. The summed E-state index contributed by atoms with van der Waals surface area (Å²) in [4.78, 5) is 39.5. The van der Waals surface area contributed by atoms with Gasteiger partial charge in [0.1, 0.15) is 0 Å². The van der Waals surface area contributed by atoms with Crippen LogP contribution in [0.3, 0.4) is 0 Å². The van der Waals surface area contributed by atoms with Crippen LogP contribution in [0.15, 0.2) is 48.5 Å². The number of nitro benzene ring substituents is 2. The Kier molecular flexibility index (Phi) is 8.73. The van der Waals surface area contributed by atoms with E-state index < -0.39 is 21.8 Å². The summed E-state index contributed by atoms with van der Waals surface area (Å²) in [6, 6.07) is 8.99. The topological polar surface area (TPSA) is 167 Å². The molecule has 11 heteroatoms. The van der Waals surface area contributed by atoms with Crippen LogP contribution in [0.2, 0.25) is 0 Å². The van der Waals surface area contributed by atoms with E-state index in [4.69, 9.17) is 0 Å². The summed E-state index contributed by atoms with van der Waals surface area (Å²) < 4.78 is 0. The van der Waals surface area contributed by atoms with Crippen molar-refractivity contribution in [3.05, 3.63) is 79.9 Å². The number of carboxylic acid groups (broad SMARTS) is 2. The number of nitro groups is 2. The first-order chi connectivity index (χ1) is 11.2. The third kappa shape index (κ3) is 6.93. The molecule has 10 nitrogen and oxygen atoms in total. The number of carboxylic acids is 2. The SMILES string of the molecule is O=C([O-])c1ccc([N+](=O)[O-])cc1.O=C([O-])c1ccc([N+](=O)[O-])cc1.[Mg+2]. The molecule has 0 unspecified atom stereocenters. The summed E-state index contributed by atoms with van der Waals surface area (Å²) in [7, 11) is 0. The van der Waals surface area contributed by atoms with Crippen LogP contribution in [0.25, 0.3) is 0 Å². The zero-order valence-electron chi connectivity index (χ0n) is 12.5. The van der Waals surface area contributed by atoms with Crippen molar-refractivity contribution < 1.29 is 29.6 Å². The van der Waals surface area contributed by atoms with Gasteiger partial charge in [0.15, 0.2) is 0 Å². The molecule has 0 N–H and O–H groups in total. The molecule has 0 aliphatic rings. The van der Waals surface area contributed by atoms with Gasteiger partial charge < -0.3 is 19.8 Å². The van der Waals surface area contributed by atoms with E-state index in [9.17, 15) is 40.0 Å². The van der Waals surface area contributed by atoms with E-state index in [1.54, 1.807) is 0 Å². The van der Waals surface area contributed by atoms with E-state index in [1.807, 2.05) is 0 Å². The molecule has 0 heterocycles. The van der Waals surface area contributed by atoms with Crippen LogP contribution in [0, 0.1) is 20.2 Å². The monoisotopic (exact) mass is 356 g/mol. The summed E-state index contributed by atoms with van der Waals surface area (Å²) in [5.41, 5.74) is -0.416. The van der Waals surface area contributed by atoms with Crippen molar-refractivity contribution in [2.24, 2.45) is 0 Å². The molecule has 0 atom stereocenters. The van der Waals surface area contributed by atoms with Gasteiger partial charge in [-0.05, 0) is 35.4 Å². The van der Waals surface area contributed by atoms with Gasteiger partial charge in [-0.3, -0.25) is 20.2 Å². The molecule has 0 amide bonds. The number of hydrogen-bond donors (Lipinski definition) is 0. The molecule has 0 saturated heterocycles. The molecule has 0 aliphatic heterocycles.